The Morgan fingerprint density at radius 2 is 2.06 bits per heavy atom. The number of aromatic nitrogens is 2. The van der Waals surface area contributed by atoms with Crippen molar-refractivity contribution in [1.82, 2.24) is 9.97 Å². The molecule has 1 heterocycles. The lowest BCUT2D eigenvalue weighted by Crippen LogP contribution is -2.15. The number of hydrogen-bond donors (Lipinski definition) is 3. The lowest BCUT2D eigenvalue weighted by Gasteiger charge is -2.13. The minimum atomic E-state index is 0.511. The average molecular weight is 251 g/mol. The summed E-state index contributed by atoms with van der Waals surface area (Å²) in [5.74, 6) is 8.48. The lowest BCUT2D eigenvalue weighted by molar-refractivity contribution is 0.197. The van der Waals surface area contributed by atoms with Crippen LogP contribution >= 0.6 is 0 Å². The number of ether oxygens (including phenoxy) is 1. The third-order valence-corrected chi connectivity index (χ3v) is 3.06. The predicted molar refractivity (Wildman–Crippen MR) is 71.5 cm³/mol. The number of nitrogens with two attached hydrogens (primary N) is 1. The molecule has 2 rings (SSSR count). The maximum Gasteiger partial charge on any atom is 0.148 e. The van der Waals surface area contributed by atoms with Gasteiger partial charge in [-0.1, -0.05) is 0 Å². The first kappa shape index (κ1) is 13.0. The molecule has 0 spiro atoms. The highest BCUT2D eigenvalue weighted by atomic mass is 16.5. The minimum Gasteiger partial charge on any atom is -0.385 e. The Hall–Kier alpha value is -1.40. The normalized spacial score (nSPS) is 14.6. The standard InChI is InChI=1S/C12H21N5O/c1-8-10(14-6-3-7-18-2)15-12(9-4-5-9)16-11(8)17-13/h9H,3-7,13H2,1-2H3,(H2,14,15,16,17). The summed E-state index contributed by atoms with van der Waals surface area (Å²) in [6.07, 6.45) is 3.30. The fourth-order valence-electron chi connectivity index (χ4n) is 1.79. The van der Waals surface area contributed by atoms with Crippen molar-refractivity contribution in [3.8, 4) is 0 Å². The molecule has 4 N–H and O–H groups in total. The van der Waals surface area contributed by atoms with Crippen molar-refractivity contribution in [3.05, 3.63) is 11.4 Å². The molecule has 0 aromatic carbocycles. The highest BCUT2D eigenvalue weighted by molar-refractivity contribution is 5.57. The van der Waals surface area contributed by atoms with Gasteiger partial charge >= 0.3 is 0 Å². The smallest absolute Gasteiger partial charge is 0.148 e. The van der Waals surface area contributed by atoms with Crippen LogP contribution in [-0.2, 0) is 4.74 Å². The van der Waals surface area contributed by atoms with Crippen molar-refractivity contribution in [2.75, 3.05) is 31.0 Å². The number of nitrogen functional groups attached to an aromatic ring is 1. The summed E-state index contributed by atoms with van der Waals surface area (Å²) in [6.45, 7) is 3.54. The lowest BCUT2D eigenvalue weighted by atomic mass is 10.2. The van der Waals surface area contributed by atoms with Crippen LogP contribution in [0.25, 0.3) is 0 Å². The van der Waals surface area contributed by atoms with E-state index in [1.807, 2.05) is 6.92 Å². The van der Waals surface area contributed by atoms with Crippen LogP contribution in [0, 0.1) is 6.92 Å². The van der Waals surface area contributed by atoms with E-state index in [-0.39, 0.29) is 0 Å². The fraction of sp³-hybridized carbons (Fsp3) is 0.667. The Balaban J connectivity index is 2.08. The molecule has 1 saturated carbocycles. The summed E-state index contributed by atoms with van der Waals surface area (Å²) in [5, 5.41) is 3.32. The molecule has 1 aliphatic carbocycles. The first-order valence-corrected chi connectivity index (χ1v) is 6.34. The molecule has 0 amide bonds. The molecule has 1 aromatic heterocycles. The Bertz CT molecular complexity index is 406. The molecule has 1 aliphatic rings. The van der Waals surface area contributed by atoms with Gasteiger partial charge in [0.05, 0.1) is 0 Å². The van der Waals surface area contributed by atoms with Crippen LogP contribution in [0.15, 0.2) is 0 Å². The molecular weight excluding hydrogens is 230 g/mol. The summed E-state index contributed by atoms with van der Waals surface area (Å²) in [6, 6.07) is 0. The van der Waals surface area contributed by atoms with Gasteiger partial charge in [0.25, 0.3) is 0 Å². The Morgan fingerprint density at radius 1 is 1.33 bits per heavy atom. The number of nitrogens with zero attached hydrogens (tertiary/aromatic N) is 2. The van der Waals surface area contributed by atoms with Gasteiger partial charge < -0.3 is 15.5 Å². The largest absolute Gasteiger partial charge is 0.385 e. The molecule has 1 aromatic rings. The quantitative estimate of drug-likeness (QED) is 0.386. The molecule has 0 bridgehead atoms. The Kier molecular flexibility index (Phi) is 4.33. The van der Waals surface area contributed by atoms with E-state index in [0.717, 1.165) is 36.8 Å². The number of nitrogens with one attached hydrogen (secondary N) is 2. The van der Waals surface area contributed by atoms with Crippen molar-refractivity contribution in [1.29, 1.82) is 0 Å². The van der Waals surface area contributed by atoms with Gasteiger partial charge in [0.15, 0.2) is 0 Å². The van der Waals surface area contributed by atoms with Crippen LogP contribution < -0.4 is 16.6 Å². The number of methoxy groups -OCH3 is 1. The second-order valence-corrected chi connectivity index (χ2v) is 4.60. The molecule has 0 unspecified atom stereocenters. The van der Waals surface area contributed by atoms with Gasteiger partial charge in [0.1, 0.15) is 17.5 Å². The highest BCUT2D eigenvalue weighted by Gasteiger charge is 2.28. The zero-order valence-electron chi connectivity index (χ0n) is 11.0. The molecular formula is C12H21N5O. The molecule has 6 nitrogen and oxygen atoms in total. The molecule has 6 heteroatoms. The summed E-state index contributed by atoms with van der Waals surface area (Å²) in [5.41, 5.74) is 3.60. The van der Waals surface area contributed by atoms with Crippen molar-refractivity contribution >= 4 is 11.6 Å². The first-order valence-electron chi connectivity index (χ1n) is 6.34. The van der Waals surface area contributed by atoms with Gasteiger partial charge in [-0.05, 0) is 26.2 Å². The van der Waals surface area contributed by atoms with Gasteiger partial charge in [-0.15, -0.1) is 0 Å². The van der Waals surface area contributed by atoms with E-state index in [1.54, 1.807) is 7.11 Å². The van der Waals surface area contributed by atoms with Gasteiger partial charge in [-0.3, -0.25) is 0 Å². The van der Waals surface area contributed by atoms with E-state index >= 15 is 0 Å². The first-order chi connectivity index (χ1) is 8.76. The van der Waals surface area contributed by atoms with E-state index in [0.29, 0.717) is 11.7 Å². The van der Waals surface area contributed by atoms with Gasteiger partial charge in [-0.25, -0.2) is 15.8 Å². The number of hydrogen-bond acceptors (Lipinski definition) is 6. The minimum absolute atomic E-state index is 0.511. The van der Waals surface area contributed by atoms with Crippen molar-refractivity contribution in [3.63, 3.8) is 0 Å². The molecule has 100 valence electrons. The van der Waals surface area contributed by atoms with Gasteiger partial charge in [0.2, 0.25) is 0 Å². The zero-order valence-corrected chi connectivity index (χ0v) is 11.0. The summed E-state index contributed by atoms with van der Waals surface area (Å²) in [4.78, 5) is 9.03. The average Bonchev–Trinajstić information content (AvgIpc) is 3.20. The second-order valence-electron chi connectivity index (χ2n) is 4.60. The number of hydrazine groups is 1. The van der Waals surface area contributed by atoms with E-state index < -0.39 is 0 Å². The van der Waals surface area contributed by atoms with Crippen molar-refractivity contribution in [2.45, 2.75) is 32.1 Å². The van der Waals surface area contributed by atoms with Crippen LogP contribution in [0.4, 0.5) is 11.6 Å². The SMILES string of the molecule is COCCCNc1nc(C2CC2)nc(NN)c1C. The van der Waals surface area contributed by atoms with E-state index in [2.05, 4.69) is 20.7 Å². The third-order valence-electron chi connectivity index (χ3n) is 3.06. The Morgan fingerprint density at radius 3 is 2.67 bits per heavy atom. The molecule has 1 fully saturated rings. The van der Waals surface area contributed by atoms with Crippen LogP contribution in [0.2, 0.25) is 0 Å². The molecule has 0 atom stereocenters. The van der Waals surface area contributed by atoms with Crippen LogP contribution in [-0.4, -0.2) is 30.2 Å². The molecule has 18 heavy (non-hydrogen) atoms. The monoisotopic (exact) mass is 251 g/mol. The zero-order chi connectivity index (χ0) is 13.0. The molecule has 0 aliphatic heterocycles. The summed E-state index contributed by atoms with van der Waals surface area (Å²) >= 11 is 0. The van der Waals surface area contributed by atoms with Crippen LogP contribution in [0.1, 0.15) is 36.6 Å². The number of rotatable bonds is 7. The van der Waals surface area contributed by atoms with E-state index in [1.165, 1.54) is 12.8 Å². The van der Waals surface area contributed by atoms with E-state index in [4.69, 9.17) is 10.6 Å². The fourth-order valence-corrected chi connectivity index (χ4v) is 1.79. The maximum atomic E-state index is 5.50. The maximum absolute atomic E-state index is 5.50. The predicted octanol–water partition coefficient (Wildman–Crippen LogP) is 1.40. The van der Waals surface area contributed by atoms with Crippen molar-refractivity contribution < 1.29 is 4.74 Å². The Labute approximate surface area is 107 Å². The van der Waals surface area contributed by atoms with Crippen LogP contribution in [0.3, 0.4) is 0 Å². The van der Waals surface area contributed by atoms with Gasteiger partial charge in [0, 0.05) is 31.7 Å². The van der Waals surface area contributed by atoms with Crippen LogP contribution in [0.5, 0.6) is 0 Å². The van der Waals surface area contributed by atoms with E-state index in [9.17, 15) is 0 Å². The summed E-state index contributed by atoms with van der Waals surface area (Å²) < 4.78 is 5.02. The third kappa shape index (κ3) is 3.08. The van der Waals surface area contributed by atoms with Gasteiger partial charge in [-0.2, -0.15) is 0 Å². The number of anilines is 2. The highest BCUT2D eigenvalue weighted by Crippen LogP contribution is 2.39. The summed E-state index contributed by atoms with van der Waals surface area (Å²) in [7, 11) is 1.71. The molecule has 0 saturated heterocycles. The second kappa shape index (κ2) is 5.97. The molecule has 0 radical (unpaired) electrons. The topological polar surface area (TPSA) is 85.1 Å². The van der Waals surface area contributed by atoms with Crippen molar-refractivity contribution in [2.24, 2.45) is 5.84 Å².